The Morgan fingerprint density at radius 2 is 1.58 bits per heavy atom. The van der Waals surface area contributed by atoms with Gasteiger partial charge in [-0.1, -0.05) is 45.0 Å². The molecule has 2 amide bonds. The average molecular weight is 468 g/mol. The first-order valence-corrected chi connectivity index (χ1v) is 11.5. The molecule has 1 heterocycles. The first-order valence-electron chi connectivity index (χ1n) is 10.6. The summed E-state index contributed by atoms with van der Waals surface area (Å²) in [6, 6.07) is 14.9. The van der Waals surface area contributed by atoms with E-state index in [1.807, 2.05) is 48.5 Å². The second-order valence-electron chi connectivity index (χ2n) is 8.41. The summed E-state index contributed by atoms with van der Waals surface area (Å²) in [5.74, 6) is 0.789. The highest BCUT2D eigenvalue weighted by Gasteiger charge is 2.15. The smallest absolute Gasteiger partial charge is 0.270 e. The molecule has 0 unspecified atom stereocenters. The first-order chi connectivity index (χ1) is 15.8. The van der Waals surface area contributed by atoms with E-state index in [1.54, 1.807) is 12.5 Å². The molecule has 0 saturated heterocycles. The highest BCUT2D eigenvalue weighted by molar-refractivity contribution is 7.09. The van der Waals surface area contributed by atoms with Crippen LogP contribution in [-0.4, -0.2) is 37.0 Å². The molecule has 0 bridgehead atoms. The van der Waals surface area contributed by atoms with Crippen molar-refractivity contribution in [2.75, 3.05) is 20.2 Å². The molecule has 0 aliphatic carbocycles. The zero-order chi connectivity index (χ0) is 23.8. The standard InChI is InChI=1S/C25H29N3O4S/c1-25(2,3)18-11-9-17(10-12-18)23(29)26-13-14-27-24(30)19-16-33-22(28-19)15-32-21-8-6-5-7-20(21)31-4/h5-12,16H,13-15H2,1-4H3,(H,26,29)(H,27,30). The second-order valence-corrected chi connectivity index (χ2v) is 9.35. The van der Waals surface area contributed by atoms with E-state index in [1.165, 1.54) is 16.9 Å². The van der Waals surface area contributed by atoms with Crippen LogP contribution in [0.5, 0.6) is 11.5 Å². The molecule has 0 radical (unpaired) electrons. The molecule has 7 nitrogen and oxygen atoms in total. The lowest BCUT2D eigenvalue weighted by atomic mass is 9.87. The lowest BCUT2D eigenvalue weighted by molar-refractivity contribution is 0.0925. The van der Waals surface area contributed by atoms with Gasteiger partial charge in [0.1, 0.15) is 17.3 Å². The fourth-order valence-electron chi connectivity index (χ4n) is 3.03. The molecule has 3 aromatic rings. The van der Waals surface area contributed by atoms with Crippen LogP contribution in [0.25, 0.3) is 0 Å². The Kier molecular flexibility index (Phi) is 8.06. The summed E-state index contributed by atoms with van der Waals surface area (Å²) in [5.41, 5.74) is 2.12. The van der Waals surface area contributed by atoms with Crippen LogP contribution in [0.3, 0.4) is 0 Å². The van der Waals surface area contributed by atoms with Crippen LogP contribution in [0.4, 0.5) is 0 Å². The van der Waals surface area contributed by atoms with Crippen molar-refractivity contribution in [3.05, 3.63) is 75.7 Å². The van der Waals surface area contributed by atoms with Gasteiger partial charge in [0.25, 0.3) is 11.8 Å². The fraction of sp³-hybridized carbons (Fsp3) is 0.320. The number of amides is 2. The Morgan fingerprint density at radius 1 is 0.939 bits per heavy atom. The highest BCUT2D eigenvalue weighted by atomic mass is 32.1. The van der Waals surface area contributed by atoms with E-state index in [4.69, 9.17) is 9.47 Å². The van der Waals surface area contributed by atoms with Crippen LogP contribution < -0.4 is 20.1 Å². The van der Waals surface area contributed by atoms with E-state index in [9.17, 15) is 9.59 Å². The Labute approximate surface area is 198 Å². The number of rotatable bonds is 9. The number of ether oxygens (including phenoxy) is 2. The second kappa shape index (κ2) is 11.0. The van der Waals surface area contributed by atoms with Crippen LogP contribution in [-0.2, 0) is 12.0 Å². The number of thiazole rings is 1. The maximum atomic E-state index is 12.3. The number of carbonyl (C=O) groups excluding carboxylic acids is 2. The molecule has 3 rings (SSSR count). The predicted octanol–water partition coefficient (Wildman–Crippen LogP) is 4.19. The summed E-state index contributed by atoms with van der Waals surface area (Å²) >= 11 is 1.35. The monoisotopic (exact) mass is 467 g/mol. The molecular weight excluding hydrogens is 438 g/mol. The fourth-order valence-corrected chi connectivity index (χ4v) is 3.71. The number of para-hydroxylation sites is 2. The van der Waals surface area contributed by atoms with Crippen molar-refractivity contribution in [3.63, 3.8) is 0 Å². The zero-order valence-corrected chi connectivity index (χ0v) is 20.1. The summed E-state index contributed by atoms with van der Waals surface area (Å²) in [7, 11) is 1.58. The third kappa shape index (κ3) is 6.79. The topological polar surface area (TPSA) is 89.6 Å². The van der Waals surface area contributed by atoms with Crippen molar-refractivity contribution in [2.45, 2.75) is 32.8 Å². The molecule has 0 aliphatic rings. The van der Waals surface area contributed by atoms with Gasteiger partial charge < -0.3 is 20.1 Å². The Balaban J connectivity index is 1.42. The van der Waals surface area contributed by atoms with Gasteiger partial charge in [0.15, 0.2) is 11.5 Å². The van der Waals surface area contributed by atoms with E-state index in [0.29, 0.717) is 40.9 Å². The lowest BCUT2D eigenvalue weighted by Crippen LogP contribution is -2.34. The van der Waals surface area contributed by atoms with Crippen molar-refractivity contribution < 1.29 is 19.1 Å². The summed E-state index contributed by atoms with van der Waals surface area (Å²) < 4.78 is 11.0. The Hall–Kier alpha value is -3.39. The van der Waals surface area contributed by atoms with Gasteiger partial charge in [-0.3, -0.25) is 9.59 Å². The van der Waals surface area contributed by atoms with Crippen molar-refractivity contribution in [1.29, 1.82) is 0 Å². The van der Waals surface area contributed by atoms with E-state index >= 15 is 0 Å². The quantitative estimate of drug-likeness (QED) is 0.461. The molecule has 0 spiro atoms. The number of hydrogen-bond acceptors (Lipinski definition) is 6. The number of nitrogens with one attached hydrogen (secondary N) is 2. The maximum Gasteiger partial charge on any atom is 0.270 e. The minimum absolute atomic E-state index is 0.0371. The average Bonchev–Trinajstić information content (AvgIpc) is 3.29. The Bertz CT molecular complexity index is 1090. The molecule has 1 aromatic heterocycles. The third-order valence-corrected chi connectivity index (χ3v) is 5.74. The molecule has 0 fully saturated rings. The molecule has 8 heteroatoms. The van der Waals surface area contributed by atoms with Gasteiger partial charge in [-0.05, 0) is 35.2 Å². The molecule has 0 aliphatic heterocycles. The SMILES string of the molecule is COc1ccccc1OCc1nc(C(=O)NCCNC(=O)c2ccc(C(C)(C)C)cc2)cs1. The van der Waals surface area contributed by atoms with Gasteiger partial charge in [0.2, 0.25) is 0 Å². The summed E-state index contributed by atoms with van der Waals surface area (Å²) in [4.78, 5) is 29.0. The van der Waals surface area contributed by atoms with Gasteiger partial charge in [-0.15, -0.1) is 11.3 Å². The molecule has 2 aromatic carbocycles. The number of benzene rings is 2. The normalized spacial score (nSPS) is 11.0. The lowest BCUT2D eigenvalue weighted by Gasteiger charge is -2.19. The first kappa shape index (κ1) is 24.3. The number of carbonyl (C=O) groups is 2. The summed E-state index contributed by atoms with van der Waals surface area (Å²) in [5, 5.41) is 7.95. The van der Waals surface area contributed by atoms with Crippen molar-refractivity contribution >= 4 is 23.2 Å². The number of hydrogen-bond donors (Lipinski definition) is 2. The van der Waals surface area contributed by atoms with Crippen LogP contribution in [0.15, 0.2) is 53.9 Å². The van der Waals surface area contributed by atoms with Crippen LogP contribution in [0, 0.1) is 0 Å². The number of methoxy groups -OCH3 is 1. The van der Waals surface area contributed by atoms with Gasteiger partial charge in [0.05, 0.1) is 7.11 Å². The number of aromatic nitrogens is 1. The van der Waals surface area contributed by atoms with Gasteiger partial charge in [0, 0.05) is 24.0 Å². The van der Waals surface area contributed by atoms with Crippen molar-refractivity contribution in [2.24, 2.45) is 0 Å². The van der Waals surface area contributed by atoms with E-state index in [0.717, 1.165) is 0 Å². The molecule has 174 valence electrons. The van der Waals surface area contributed by atoms with Crippen molar-refractivity contribution in [3.8, 4) is 11.5 Å². The van der Waals surface area contributed by atoms with Crippen LogP contribution in [0.1, 0.15) is 52.2 Å². The molecule has 0 saturated carbocycles. The molecular formula is C25H29N3O4S. The van der Waals surface area contributed by atoms with Crippen LogP contribution in [0.2, 0.25) is 0 Å². The zero-order valence-electron chi connectivity index (χ0n) is 19.3. The van der Waals surface area contributed by atoms with Gasteiger partial charge >= 0.3 is 0 Å². The summed E-state index contributed by atoms with van der Waals surface area (Å²) in [6.45, 7) is 7.24. The maximum absolute atomic E-state index is 12.3. The highest BCUT2D eigenvalue weighted by Crippen LogP contribution is 2.27. The molecule has 2 N–H and O–H groups in total. The molecule has 33 heavy (non-hydrogen) atoms. The van der Waals surface area contributed by atoms with E-state index in [2.05, 4.69) is 36.4 Å². The van der Waals surface area contributed by atoms with Crippen molar-refractivity contribution in [1.82, 2.24) is 15.6 Å². The van der Waals surface area contributed by atoms with E-state index < -0.39 is 0 Å². The minimum atomic E-state index is -0.293. The molecule has 0 atom stereocenters. The third-order valence-electron chi connectivity index (χ3n) is 4.91. The largest absolute Gasteiger partial charge is 0.493 e. The summed E-state index contributed by atoms with van der Waals surface area (Å²) in [6.07, 6.45) is 0. The number of nitrogens with zero attached hydrogens (tertiary/aromatic N) is 1. The minimum Gasteiger partial charge on any atom is -0.493 e. The van der Waals surface area contributed by atoms with Gasteiger partial charge in [-0.25, -0.2) is 4.98 Å². The Morgan fingerprint density at radius 3 is 2.21 bits per heavy atom. The van der Waals surface area contributed by atoms with Crippen LogP contribution >= 0.6 is 11.3 Å². The van der Waals surface area contributed by atoms with Gasteiger partial charge in [-0.2, -0.15) is 0 Å². The van der Waals surface area contributed by atoms with E-state index in [-0.39, 0.29) is 23.8 Å². The predicted molar refractivity (Wildman–Crippen MR) is 129 cm³/mol.